The largest absolute Gasteiger partial charge is 0.490 e. The van der Waals surface area contributed by atoms with Crippen LogP contribution in [0.5, 0.6) is 0 Å². The lowest BCUT2D eigenvalue weighted by atomic mass is 9.46. The van der Waals surface area contributed by atoms with Gasteiger partial charge in [0.15, 0.2) is 5.76 Å². The van der Waals surface area contributed by atoms with Crippen LogP contribution in [-0.4, -0.2) is 10.8 Å². The second-order valence-electron chi connectivity index (χ2n) is 9.70. The van der Waals surface area contributed by atoms with Crippen molar-refractivity contribution in [2.75, 3.05) is 0 Å². The topological polar surface area (TPSA) is 35.3 Å². The monoisotopic (exact) mass is 337 g/mol. The van der Waals surface area contributed by atoms with Gasteiger partial charge in [-0.2, -0.15) is 0 Å². The molecule has 3 heteroatoms. The molecule has 3 saturated carbocycles. The van der Waals surface area contributed by atoms with Crippen LogP contribution in [0.25, 0.3) is 6.08 Å². The molecule has 3 fully saturated rings. The van der Waals surface area contributed by atoms with Crippen LogP contribution in [0.1, 0.15) is 63.7 Å². The average molecular weight is 337 g/mol. The van der Waals surface area contributed by atoms with Crippen molar-refractivity contribution >= 4 is 6.08 Å². The Balaban J connectivity index is 1.39. The predicted octanol–water partition coefficient (Wildman–Crippen LogP) is 5.14. The molecule has 0 saturated heterocycles. The molecule has 1 aromatic rings. The quantitative estimate of drug-likeness (QED) is 0.657. The highest BCUT2D eigenvalue weighted by Gasteiger charge is 2.66. The van der Waals surface area contributed by atoms with Gasteiger partial charge in [0.2, 0.25) is 0 Å². The number of hydrogen-bond acceptors (Lipinski definition) is 3. The smallest absolute Gasteiger partial charge is 0.162 e. The van der Waals surface area contributed by atoms with E-state index >= 15 is 0 Å². The highest BCUT2D eigenvalue weighted by atomic mass is 16.5. The maximum Gasteiger partial charge on any atom is 0.162 e. The Morgan fingerprint density at radius 3 is 2.76 bits per heavy atom. The van der Waals surface area contributed by atoms with Gasteiger partial charge >= 0.3 is 0 Å². The lowest BCUT2D eigenvalue weighted by Crippen LogP contribution is -2.56. The maximum atomic E-state index is 6.09. The molecule has 2 heterocycles. The average Bonchev–Trinajstić information content (AvgIpc) is 3.12. The summed E-state index contributed by atoms with van der Waals surface area (Å²) in [5, 5.41) is 4.06. The lowest BCUT2D eigenvalue weighted by Gasteiger charge is -2.59. The van der Waals surface area contributed by atoms with E-state index in [1.807, 2.05) is 12.5 Å². The molecule has 1 aromatic heterocycles. The fraction of sp³-hybridized carbons (Fsp3) is 0.682. The van der Waals surface area contributed by atoms with Crippen LogP contribution in [0.4, 0.5) is 0 Å². The predicted molar refractivity (Wildman–Crippen MR) is 95.5 cm³/mol. The Hall–Kier alpha value is -1.51. The normalized spacial score (nSPS) is 49.4. The van der Waals surface area contributed by atoms with Crippen molar-refractivity contribution in [3.05, 3.63) is 35.4 Å². The summed E-state index contributed by atoms with van der Waals surface area (Å²) in [7, 11) is 0. The Bertz CT molecular complexity index is 807. The van der Waals surface area contributed by atoms with Crippen molar-refractivity contribution in [1.82, 2.24) is 5.16 Å². The van der Waals surface area contributed by atoms with Gasteiger partial charge in [-0.15, -0.1) is 0 Å². The van der Waals surface area contributed by atoms with Crippen LogP contribution in [0.2, 0.25) is 0 Å². The third-order valence-electron chi connectivity index (χ3n) is 9.07. The van der Waals surface area contributed by atoms with Crippen molar-refractivity contribution in [3.63, 3.8) is 0 Å². The van der Waals surface area contributed by atoms with E-state index in [-0.39, 0.29) is 5.60 Å². The summed E-state index contributed by atoms with van der Waals surface area (Å²) in [6.07, 6.45) is 17.5. The Labute approximate surface area is 149 Å². The minimum absolute atomic E-state index is 0.0634. The summed E-state index contributed by atoms with van der Waals surface area (Å²) >= 11 is 0. The molecule has 6 rings (SSSR count). The maximum absolute atomic E-state index is 6.09. The van der Waals surface area contributed by atoms with Gasteiger partial charge in [0.05, 0.1) is 12.5 Å². The summed E-state index contributed by atoms with van der Waals surface area (Å²) in [5.74, 6) is 3.48. The summed E-state index contributed by atoms with van der Waals surface area (Å²) in [6.45, 7) is 5.05. The Morgan fingerprint density at radius 2 is 1.96 bits per heavy atom. The van der Waals surface area contributed by atoms with E-state index in [0.717, 1.165) is 29.9 Å². The Morgan fingerprint density at radius 1 is 1.12 bits per heavy atom. The molecule has 3 nitrogen and oxygen atoms in total. The van der Waals surface area contributed by atoms with Crippen LogP contribution in [0.15, 0.2) is 28.6 Å². The van der Waals surface area contributed by atoms with E-state index in [1.54, 1.807) is 5.57 Å². The fourth-order valence-corrected chi connectivity index (χ4v) is 7.62. The van der Waals surface area contributed by atoms with Gasteiger partial charge in [0.1, 0.15) is 5.60 Å². The van der Waals surface area contributed by atoms with Gasteiger partial charge in [-0.3, -0.25) is 0 Å². The van der Waals surface area contributed by atoms with Gasteiger partial charge in [0.25, 0.3) is 0 Å². The van der Waals surface area contributed by atoms with E-state index in [9.17, 15) is 0 Å². The third kappa shape index (κ3) is 1.57. The molecule has 1 spiro atoms. The molecule has 0 aromatic carbocycles. The van der Waals surface area contributed by atoms with Gasteiger partial charge in [0, 0.05) is 11.0 Å². The third-order valence-corrected chi connectivity index (χ3v) is 9.07. The zero-order valence-electron chi connectivity index (χ0n) is 15.3. The zero-order chi connectivity index (χ0) is 16.9. The van der Waals surface area contributed by atoms with E-state index in [0.29, 0.717) is 10.8 Å². The number of rotatable bonds is 0. The molecule has 4 aliphatic carbocycles. The van der Waals surface area contributed by atoms with Crippen LogP contribution in [0, 0.1) is 28.6 Å². The van der Waals surface area contributed by atoms with Crippen molar-refractivity contribution < 1.29 is 9.26 Å². The van der Waals surface area contributed by atoms with E-state index in [1.165, 1.54) is 44.1 Å². The van der Waals surface area contributed by atoms with Crippen molar-refractivity contribution in [2.24, 2.45) is 28.6 Å². The molecule has 132 valence electrons. The summed E-state index contributed by atoms with van der Waals surface area (Å²) < 4.78 is 11.6. The minimum atomic E-state index is 0.0634. The molecule has 0 amide bonds. The number of allylic oxidation sites excluding steroid dienone is 1. The van der Waals surface area contributed by atoms with E-state index in [2.05, 4.69) is 31.2 Å². The minimum Gasteiger partial charge on any atom is -0.490 e. The van der Waals surface area contributed by atoms with Crippen LogP contribution in [0.3, 0.4) is 0 Å². The molecular formula is C22H27NO2. The first-order chi connectivity index (χ1) is 12.1. The molecule has 25 heavy (non-hydrogen) atoms. The molecule has 0 radical (unpaired) electrons. The van der Waals surface area contributed by atoms with Gasteiger partial charge in [-0.1, -0.05) is 24.6 Å². The lowest BCUT2D eigenvalue weighted by molar-refractivity contribution is -0.125. The number of fused-ring (bicyclic) bond motifs is 7. The van der Waals surface area contributed by atoms with Gasteiger partial charge < -0.3 is 9.26 Å². The van der Waals surface area contributed by atoms with Crippen LogP contribution < -0.4 is 0 Å². The highest BCUT2D eigenvalue weighted by molar-refractivity contribution is 5.57. The summed E-state index contributed by atoms with van der Waals surface area (Å²) in [5.41, 5.74) is 3.64. The van der Waals surface area contributed by atoms with Crippen molar-refractivity contribution in [3.8, 4) is 0 Å². The first-order valence-electron chi connectivity index (χ1n) is 10.1. The van der Waals surface area contributed by atoms with Crippen LogP contribution in [-0.2, 0) is 11.2 Å². The standard InChI is InChI=1S/C22H27NO2/c1-20-12-14-13-23-25-19(14)11-15(20)3-4-16-17(20)5-7-21(2)18(16)6-8-22(21)9-10-24-22/h9-11,13,16-18H,3-8,12H2,1-2H3/t16-,17+,18+,20?,21?,22-/m1/s1. The molecule has 2 unspecified atom stereocenters. The van der Waals surface area contributed by atoms with Crippen LogP contribution >= 0.6 is 0 Å². The second-order valence-corrected chi connectivity index (χ2v) is 9.70. The van der Waals surface area contributed by atoms with Gasteiger partial charge in [-0.25, -0.2) is 0 Å². The zero-order valence-corrected chi connectivity index (χ0v) is 15.3. The highest BCUT2D eigenvalue weighted by Crippen LogP contribution is 2.69. The first-order valence-corrected chi connectivity index (χ1v) is 10.1. The van der Waals surface area contributed by atoms with Gasteiger partial charge in [-0.05, 0) is 80.3 Å². The van der Waals surface area contributed by atoms with E-state index < -0.39 is 0 Å². The summed E-state index contributed by atoms with van der Waals surface area (Å²) in [4.78, 5) is 0. The SMILES string of the molecule is CC12Cc3cnoc3C=C1CC[C@@H]1[C@@H]2CCC2(C)[C@H]1CC[C@@]21C=CO1. The van der Waals surface area contributed by atoms with Crippen molar-refractivity contribution in [2.45, 2.75) is 64.4 Å². The molecule has 5 aliphatic rings. The summed E-state index contributed by atoms with van der Waals surface area (Å²) in [6, 6.07) is 0. The molecule has 0 bridgehead atoms. The van der Waals surface area contributed by atoms with Crippen molar-refractivity contribution in [1.29, 1.82) is 0 Å². The number of ether oxygens (including phenoxy) is 1. The molecule has 0 N–H and O–H groups in total. The first kappa shape index (κ1) is 14.6. The molecule has 1 aliphatic heterocycles. The second kappa shape index (κ2) is 4.42. The number of hydrogen-bond donors (Lipinski definition) is 0. The number of nitrogens with zero attached hydrogens (tertiary/aromatic N) is 1. The fourth-order valence-electron chi connectivity index (χ4n) is 7.62. The van der Waals surface area contributed by atoms with E-state index in [4.69, 9.17) is 9.26 Å². The molecular weight excluding hydrogens is 310 g/mol. The number of aromatic nitrogens is 1. The Kier molecular flexibility index (Phi) is 2.59. The molecule has 6 atom stereocenters.